The molecule has 2 aliphatic heterocycles. The average Bonchev–Trinajstić information content (AvgIpc) is 3.10. The highest BCUT2D eigenvalue weighted by molar-refractivity contribution is 5.95. The number of nitrogens with one attached hydrogen (secondary N) is 2. The molecule has 0 spiro atoms. The Hall–Kier alpha value is -2.33. The third-order valence-corrected chi connectivity index (χ3v) is 5.17. The monoisotopic (exact) mass is 335 g/mol. The number of nitrogens with zero attached hydrogens (tertiary/aromatic N) is 1. The Morgan fingerprint density at radius 2 is 2.08 bits per heavy atom. The molecule has 2 heterocycles. The number of fused-ring (bicyclic) bond motifs is 1. The van der Waals surface area contributed by atoms with Crippen LogP contribution < -0.4 is 10.6 Å². The van der Waals surface area contributed by atoms with Gasteiger partial charge < -0.3 is 10.6 Å². The van der Waals surface area contributed by atoms with Gasteiger partial charge in [-0.15, -0.1) is 0 Å². The maximum atomic E-state index is 12.6. The van der Waals surface area contributed by atoms with Crippen molar-refractivity contribution in [1.82, 2.24) is 10.2 Å². The second-order valence-electron chi connectivity index (χ2n) is 7.08. The zero-order valence-electron chi connectivity index (χ0n) is 14.5. The lowest BCUT2D eigenvalue weighted by Crippen LogP contribution is -2.47. The Bertz CT molecular complexity index is 744. The summed E-state index contributed by atoms with van der Waals surface area (Å²) in [5.74, 6) is 0.0567. The van der Waals surface area contributed by atoms with E-state index in [-0.39, 0.29) is 11.9 Å². The zero-order valence-corrected chi connectivity index (χ0v) is 14.5. The lowest BCUT2D eigenvalue weighted by molar-refractivity contribution is 0.0900. The molecule has 0 bridgehead atoms. The molecular formula is C21H25N3O. The Morgan fingerprint density at radius 1 is 1.20 bits per heavy atom. The van der Waals surface area contributed by atoms with E-state index in [2.05, 4.69) is 45.9 Å². The molecule has 130 valence electrons. The first kappa shape index (κ1) is 16.2. The smallest absolute Gasteiger partial charge is 0.251 e. The van der Waals surface area contributed by atoms with E-state index in [0.29, 0.717) is 0 Å². The number of carbonyl (C=O) groups excluding carboxylic acids is 1. The fraction of sp³-hybridized carbons (Fsp3) is 0.381. The predicted octanol–water partition coefficient (Wildman–Crippen LogP) is 3.05. The molecule has 1 amide bonds. The van der Waals surface area contributed by atoms with Crippen LogP contribution in [0.15, 0.2) is 48.5 Å². The van der Waals surface area contributed by atoms with Gasteiger partial charge in [-0.25, -0.2) is 0 Å². The van der Waals surface area contributed by atoms with Crippen molar-refractivity contribution in [2.24, 2.45) is 0 Å². The first-order chi connectivity index (χ1) is 12.3. The topological polar surface area (TPSA) is 44.4 Å². The van der Waals surface area contributed by atoms with Crippen LogP contribution in [0.4, 0.5) is 5.69 Å². The number of anilines is 1. The van der Waals surface area contributed by atoms with Gasteiger partial charge in [0.2, 0.25) is 0 Å². The van der Waals surface area contributed by atoms with Crippen LogP contribution in [0.5, 0.6) is 0 Å². The van der Waals surface area contributed by atoms with Crippen molar-refractivity contribution < 1.29 is 4.79 Å². The third-order valence-electron chi connectivity index (χ3n) is 5.17. The molecule has 4 rings (SSSR count). The van der Waals surface area contributed by atoms with E-state index < -0.39 is 0 Å². The number of piperidine rings is 1. The van der Waals surface area contributed by atoms with Crippen molar-refractivity contribution in [3.63, 3.8) is 0 Å². The quantitative estimate of drug-likeness (QED) is 0.903. The molecule has 25 heavy (non-hydrogen) atoms. The van der Waals surface area contributed by atoms with Crippen LogP contribution in [0.25, 0.3) is 0 Å². The molecule has 1 atom stereocenters. The van der Waals surface area contributed by atoms with E-state index in [1.165, 1.54) is 16.8 Å². The van der Waals surface area contributed by atoms with Crippen LogP contribution in [0.3, 0.4) is 0 Å². The van der Waals surface area contributed by atoms with E-state index >= 15 is 0 Å². The minimum absolute atomic E-state index is 0.0567. The first-order valence-corrected chi connectivity index (χ1v) is 9.22. The number of carbonyl (C=O) groups is 1. The largest absolute Gasteiger partial charge is 0.384 e. The summed E-state index contributed by atoms with van der Waals surface area (Å²) in [5.41, 5.74) is 4.54. The SMILES string of the molecule is O=C(NC1CCCN(Cc2ccccc2)C1)c1ccc2c(c1)CCN2. The van der Waals surface area contributed by atoms with Crippen molar-refractivity contribution >= 4 is 11.6 Å². The molecule has 4 nitrogen and oxygen atoms in total. The first-order valence-electron chi connectivity index (χ1n) is 9.22. The molecule has 0 aliphatic carbocycles. The van der Waals surface area contributed by atoms with Crippen molar-refractivity contribution in [1.29, 1.82) is 0 Å². The van der Waals surface area contributed by atoms with Gasteiger partial charge in [-0.1, -0.05) is 30.3 Å². The summed E-state index contributed by atoms with van der Waals surface area (Å²) in [6.45, 7) is 3.95. The highest BCUT2D eigenvalue weighted by Crippen LogP contribution is 2.23. The molecule has 0 radical (unpaired) electrons. The molecule has 0 saturated carbocycles. The van der Waals surface area contributed by atoms with Crippen molar-refractivity contribution in [3.05, 3.63) is 65.2 Å². The molecule has 2 N–H and O–H groups in total. The predicted molar refractivity (Wildman–Crippen MR) is 101 cm³/mol. The second-order valence-corrected chi connectivity index (χ2v) is 7.08. The van der Waals surface area contributed by atoms with E-state index in [1.807, 2.05) is 18.2 Å². The number of benzene rings is 2. The van der Waals surface area contributed by atoms with Gasteiger partial charge in [0, 0.05) is 36.9 Å². The van der Waals surface area contributed by atoms with Gasteiger partial charge in [0.15, 0.2) is 0 Å². The summed E-state index contributed by atoms with van der Waals surface area (Å²) in [5, 5.41) is 6.58. The minimum Gasteiger partial charge on any atom is -0.384 e. The molecule has 1 unspecified atom stereocenters. The van der Waals surface area contributed by atoms with Crippen molar-refractivity contribution in [2.45, 2.75) is 31.8 Å². The van der Waals surface area contributed by atoms with Gasteiger partial charge in [-0.2, -0.15) is 0 Å². The number of likely N-dealkylation sites (tertiary alicyclic amines) is 1. The second kappa shape index (κ2) is 7.28. The molecule has 4 heteroatoms. The van der Waals surface area contributed by atoms with Crippen LogP contribution in [0.1, 0.15) is 34.3 Å². The molecule has 2 aliphatic rings. The summed E-state index contributed by atoms with van der Waals surface area (Å²) in [6.07, 6.45) is 3.19. The van der Waals surface area contributed by atoms with Crippen LogP contribution in [-0.2, 0) is 13.0 Å². The maximum Gasteiger partial charge on any atom is 0.251 e. The normalized spacial score (nSPS) is 19.9. The maximum absolute atomic E-state index is 12.6. The Morgan fingerprint density at radius 3 is 2.96 bits per heavy atom. The summed E-state index contributed by atoms with van der Waals surface area (Å²) in [6, 6.07) is 16.8. The van der Waals surface area contributed by atoms with Crippen LogP contribution in [0.2, 0.25) is 0 Å². The lowest BCUT2D eigenvalue weighted by Gasteiger charge is -2.33. The van der Waals surface area contributed by atoms with E-state index in [1.54, 1.807) is 0 Å². The van der Waals surface area contributed by atoms with Gasteiger partial charge >= 0.3 is 0 Å². The standard InChI is InChI=1S/C21H25N3O/c25-21(18-8-9-20-17(13-18)10-11-22-20)23-19-7-4-12-24(15-19)14-16-5-2-1-3-6-16/h1-3,5-6,8-9,13,19,22H,4,7,10-12,14-15H2,(H,23,25). The minimum atomic E-state index is 0.0567. The summed E-state index contributed by atoms with van der Waals surface area (Å²) in [4.78, 5) is 15.1. The molecule has 1 saturated heterocycles. The van der Waals surface area contributed by atoms with E-state index in [0.717, 1.165) is 51.0 Å². The number of hydrogen-bond donors (Lipinski definition) is 2. The molecule has 2 aromatic rings. The highest BCUT2D eigenvalue weighted by atomic mass is 16.1. The fourth-order valence-corrected chi connectivity index (χ4v) is 3.87. The lowest BCUT2D eigenvalue weighted by atomic mass is 10.0. The Balaban J connectivity index is 1.36. The van der Waals surface area contributed by atoms with Crippen LogP contribution >= 0.6 is 0 Å². The van der Waals surface area contributed by atoms with Crippen molar-refractivity contribution in [2.75, 3.05) is 25.0 Å². The Kier molecular flexibility index (Phi) is 4.70. The summed E-state index contributed by atoms with van der Waals surface area (Å²) < 4.78 is 0. The number of amides is 1. The van der Waals surface area contributed by atoms with E-state index in [4.69, 9.17) is 0 Å². The molecular weight excluding hydrogens is 310 g/mol. The van der Waals surface area contributed by atoms with Crippen LogP contribution in [-0.4, -0.2) is 36.5 Å². The number of hydrogen-bond acceptors (Lipinski definition) is 3. The van der Waals surface area contributed by atoms with Gasteiger partial charge in [-0.3, -0.25) is 9.69 Å². The fourth-order valence-electron chi connectivity index (χ4n) is 3.87. The Labute approximate surface area is 149 Å². The van der Waals surface area contributed by atoms with Gasteiger partial charge in [0.05, 0.1) is 0 Å². The van der Waals surface area contributed by atoms with E-state index in [9.17, 15) is 4.79 Å². The third kappa shape index (κ3) is 3.85. The average molecular weight is 335 g/mol. The molecule has 1 fully saturated rings. The zero-order chi connectivity index (χ0) is 17.1. The number of rotatable bonds is 4. The van der Waals surface area contributed by atoms with Gasteiger partial charge in [0.1, 0.15) is 0 Å². The van der Waals surface area contributed by atoms with Crippen LogP contribution in [0, 0.1) is 0 Å². The summed E-state index contributed by atoms with van der Waals surface area (Å²) >= 11 is 0. The van der Waals surface area contributed by atoms with Gasteiger partial charge in [0.25, 0.3) is 5.91 Å². The summed E-state index contributed by atoms with van der Waals surface area (Å²) in [7, 11) is 0. The molecule has 2 aromatic carbocycles. The van der Waals surface area contributed by atoms with Crippen molar-refractivity contribution in [3.8, 4) is 0 Å². The van der Waals surface area contributed by atoms with Gasteiger partial charge in [-0.05, 0) is 55.1 Å². The highest BCUT2D eigenvalue weighted by Gasteiger charge is 2.22. The molecule has 0 aromatic heterocycles.